The van der Waals surface area contributed by atoms with E-state index in [1.165, 1.54) is 36.9 Å². The van der Waals surface area contributed by atoms with Gasteiger partial charge in [-0.2, -0.15) is 0 Å². The average molecular weight is 353 g/mol. The molecule has 1 spiro atoms. The predicted octanol–water partition coefficient (Wildman–Crippen LogP) is 3.10. The molecule has 3 fully saturated rings. The fraction of sp³-hybridized carbons (Fsp3) is 0.682. The van der Waals surface area contributed by atoms with Crippen molar-refractivity contribution in [2.75, 3.05) is 20.2 Å². The second-order valence-corrected chi connectivity index (χ2v) is 9.09. The lowest BCUT2D eigenvalue weighted by Gasteiger charge is -2.58. The first-order valence-corrected chi connectivity index (χ1v) is 10.4. The van der Waals surface area contributed by atoms with Crippen LogP contribution in [-0.4, -0.2) is 43.0 Å². The van der Waals surface area contributed by atoms with Crippen LogP contribution in [0.5, 0.6) is 11.5 Å². The van der Waals surface area contributed by atoms with Gasteiger partial charge in [-0.15, -0.1) is 0 Å². The molecule has 138 valence electrons. The molecule has 2 bridgehead atoms. The van der Waals surface area contributed by atoms with E-state index in [4.69, 9.17) is 9.47 Å². The average Bonchev–Trinajstić information content (AvgIpc) is 2.96. The van der Waals surface area contributed by atoms with E-state index in [1.54, 1.807) is 7.11 Å². The second-order valence-electron chi connectivity index (χ2n) is 9.09. The number of carbonyl (C=O) groups is 1. The molecule has 2 heterocycles. The zero-order valence-electron chi connectivity index (χ0n) is 15.5. The van der Waals surface area contributed by atoms with Crippen LogP contribution < -0.4 is 9.47 Å². The number of carbonyl (C=O) groups excluding carboxylic acids is 1. The normalized spacial score (nSPS) is 37.7. The van der Waals surface area contributed by atoms with Gasteiger partial charge < -0.3 is 9.47 Å². The van der Waals surface area contributed by atoms with Crippen LogP contribution in [-0.2, 0) is 16.6 Å². The number of nitrogens with zero attached hydrogens (tertiary/aromatic N) is 1. The summed E-state index contributed by atoms with van der Waals surface area (Å²) in [5, 5.41) is 0. The summed E-state index contributed by atoms with van der Waals surface area (Å²) in [6.07, 6.45) is 7.81. The highest BCUT2D eigenvalue weighted by Gasteiger charge is 2.65. The van der Waals surface area contributed by atoms with Crippen LogP contribution in [0.2, 0.25) is 0 Å². The minimum Gasteiger partial charge on any atom is -0.493 e. The highest BCUT2D eigenvalue weighted by Crippen LogP contribution is 2.63. The first-order chi connectivity index (χ1) is 12.7. The third kappa shape index (κ3) is 1.77. The number of piperidine rings is 1. The summed E-state index contributed by atoms with van der Waals surface area (Å²) in [5.41, 5.74) is 2.64. The fourth-order valence-electron chi connectivity index (χ4n) is 6.79. The minimum absolute atomic E-state index is 0.0897. The van der Waals surface area contributed by atoms with Gasteiger partial charge in [0, 0.05) is 30.0 Å². The van der Waals surface area contributed by atoms with Crippen molar-refractivity contribution in [2.45, 2.75) is 62.5 Å². The Morgan fingerprint density at radius 2 is 2.19 bits per heavy atom. The Hall–Kier alpha value is -1.55. The van der Waals surface area contributed by atoms with Crippen LogP contribution in [0, 0.1) is 11.8 Å². The summed E-state index contributed by atoms with van der Waals surface area (Å²) in [6.45, 7) is 2.37. The van der Waals surface area contributed by atoms with Crippen LogP contribution in [0.1, 0.15) is 49.7 Å². The summed E-state index contributed by atoms with van der Waals surface area (Å²) >= 11 is 0. The Morgan fingerprint density at radius 1 is 1.31 bits per heavy atom. The topological polar surface area (TPSA) is 38.8 Å². The van der Waals surface area contributed by atoms with Gasteiger partial charge in [-0.3, -0.25) is 9.69 Å². The molecule has 0 radical (unpaired) electrons. The van der Waals surface area contributed by atoms with E-state index in [0.717, 1.165) is 43.2 Å². The molecular weight excluding hydrogens is 326 g/mol. The summed E-state index contributed by atoms with van der Waals surface area (Å²) in [7, 11) is 1.70. The molecule has 2 aliphatic heterocycles. The summed E-state index contributed by atoms with van der Waals surface area (Å²) in [5.74, 6) is 3.44. The van der Waals surface area contributed by atoms with Gasteiger partial charge in [-0.25, -0.2) is 0 Å². The van der Waals surface area contributed by atoms with Gasteiger partial charge in [0.2, 0.25) is 0 Å². The predicted molar refractivity (Wildman–Crippen MR) is 97.8 cm³/mol. The minimum atomic E-state index is -0.278. The second kappa shape index (κ2) is 5.25. The summed E-state index contributed by atoms with van der Waals surface area (Å²) < 4.78 is 12.0. The van der Waals surface area contributed by atoms with E-state index in [0.29, 0.717) is 24.2 Å². The molecule has 1 aromatic rings. The standard InChI is InChI=1S/C22H27NO3/c1-25-18-8-5-14-11-16-15-6-7-17(24)21-22(15,19(14)20(18)26-21)9-10-23(16)12-13-3-2-4-13/h5,8,13,15-16,21H,2-4,6-7,9-12H2,1H3/t15-,16+,21?,22-/m1/s1. The van der Waals surface area contributed by atoms with Gasteiger partial charge in [0.1, 0.15) is 0 Å². The fourth-order valence-corrected chi connectivity index (χ4v) is 6.79. The first kappa shape index (κ1) is 15.5. The van der Waals surface area contributed by atoms with Gasteiger partial charge in [0.05, 0.1) is 7.11 Å². The molecule has 4 heteroatoms. The molecular formula is C22H27NO3. The van der Waals surface area contributed by atoms with E-state index < -0.39 is 0 Å². The molecule has 2 saturated carbocycles. The Morgan fingerprint density at radius 3 is 2.96 bits per heavy atom. The van der Waals surface area contributed by atoms with Crippen molar-refractivity contribution in [1.29, 1.82) is 0 Å². The number of methoxy groups -OCH3 is 1. The lowest BCUT2D eigenvalue weighted by atomic mass is 9.51. The molecule has 4 atom stereocenters. The lowest BCUT2D eigenvalue weighted by Crippen LogP contribution is -2.66. The SMILES string of the molecule is COc1ccc2c3c1OC1C(=O)CC[C@@H]4[C@H](C2)N(CC2CCC2)CC[C@@]314. The van der Waals surface area contributed by atoms with Crippen LogP contribution in [0.4, 0.5) is 0 Å². The van der Waals surface area contributed by atoms with Crippen LogP contribution >= 0.6 is 0 Å². The van der Waals surface area contributed by atoms with Crippen molar-refractivity contribution in [3.63, 3.8) is 0 Å². The van der Waals surface area contributed by atoms with E-state index in [2.05, 4.69) is 11.0 Å². The van der Waals surface area contributed by atoms with Crippen LogP contribution in [0.3, 0.4) is 0 Å². The lowest BCUT2D eigenvalue weighted by molar-refractivity contribution is -0.139. The van der Waals surface area contributed by atoms with Gasteiger partial charge in [0.15, 0.2) is 23.4 Å². The zero-order chi connectivity index (χ0) is 17.5. The Bertz CT molecular complexity index is 786. The van der Waals surface area contributed by atoms with E-state index in [9.17, 15) is 4.79 Å². The highest BCUT2D eigenvalue weighted by molar-refractivity contribution is 5.89. The van der Waals surface area contributed by atoms with Crippen molar-refractivity contribution in [3.05, 3.63) is 23.3 Å². The number of ketones is 1. The molecule has 1 unspecified atom stereocenters. The van der Waals surface area contributed by atoms with Crippen LogP contribution in [0.15, 0.2) is 12.1 Å². The van der Waals surface area contributed by atoms with Crippen molar-refractivity contribution in [3.8, 4) is 11.5 Å². The third-order valence-electron chi connectivity index (χ3n) is 8.15. The maximum absolute atomic E-state index is 12.9. The molecule has 26 heavy (non-hydrogen) atoms. The van der Waals surface area contributed by atoms with E-state index in [1.807, 2.05) is 6.07 Å². The Labute approximate surface area is 154 Å². The van der Waals surface area contributed by atoms with E-state index >= 15 is 0 Å². The molecule has 3 aliphatic carbocycles. The number of hydrogen-bond donors (Lipinski definition) is 0. The molecule has 0 N–H and O–H groups in total. The zero-order valence-corrected chi connectivity index (χ0v) is 15.5. The maximum atomic E-state index is 12.9. The number of rotatable bonds is 3. The molecule has 1 saturated heterocycles. The highest BCUT2D eigenvalue weighted by atomic mass is 16.5. The number of ether oxygens (including phenoxy) is 2. The molecule has 0 aromatic heterocycles. The molecule has 1 aromatic carbocycles. The number of Topliss-reactive ketones (excluding diaryl/α,β-unsaturated/α-hetero) is 1. The summed E-state index contributed by atoms with van der Waals surface area (Å²) in [6, 6.07) is 4.86. The number of benzene rings is 1. The Kier molecular flexibility index (Phi) is 3.13. The van der Waals surface area contributed by atoms with Crippen molar-refractivity contribution >= 4 is 5.78 Å². The largest absolute Gasteiger partial charge is 0.493 e. The van der Waals surface area contributed by atoms with Crippen LogP contribution in [0.25, 0.3) is 0 Å². The number of likely N-dealkylation sites (tertiary alicyclic amines) is 1. The third-order valence-corrected chi connectivity index (χ3v) is 8.15. The monoisotopic (exact) mass is 353 g/mol. The molecule has 0 amide bonds. The first-order valence-electron chi connectivity index (χ1n) is 10.4. The molecule has 6 rings (SSSR count). The number of hydrogen-bond acceptors (Lipinski definition) is 4. The smallest absolute Gasteiger partial charge is 0.174 e. The molecule has 4 nitrogen and oxygen atoms in total. The van der Waals surface area contributed by atoms with Crippen molar-refractivity contribution in [2.24, 2.45) is 11.8 Å². The van der Waals surface area contributed by atoms with Crippen molar-refractivity contribution in [1.82, 2.24) is 4.90 Å². The van der Waals surface area contributed by atoms with Gasteiger partial charge in [0.25, 0.3) is 0 Å². The van der Waals surface area contributed by atoms with Crippen molar-refractivity contribution < 1.29 is 14.3 Å². The molecule has 5 aliphatic rings. The Balaban J connectivity index is 1.48. The van der Waals surface area contributed by atoms with E-state index in [-0.39, 0.29) is 11.5 Å². The van der Waals surface area contributed by atoms with Gasteiger partial charge >= 0.3 is 0 Å². The maximum Gasteiger partial charge on any atom is 0.174 e. The van der Waals surface area contributed by atoms with Gasteiger partial charge in [-0.05, 0) is 62.1 Å². The van der Waals surface area contributed by atoms with Gasteiger partial charge in [-0.1, -0.05) is 12.5 Å². The quantitative estimate of drug-likeness (QED) is 0.837. The summed E-state index contributed by atoms with van der Waals surface area (Å²) in [4.78, 5) is 15.6.